The topological polar surface area (TPSA) is 73.8 Å². The van der Waals surface area contributed by atoms with Crippen LogP contribution in [0.3, 0.4) is 0 Å². The maximum absolute atomic E-state index is 11.8. The minimum absolute atomic E-state index is 0. The maximum atomic E-state index is 11.8. The lowest BCUT2D eigenvalue weighted by Gasteiger charge is -2.40. The molecule has 24 heavy (non-hydrogen) atoms. The first kappa shape index (κ1) is 22.0. The van der Waals surface area contributed by atoms with Crippen LogP contribution in [0.4, 0.5) is 0 Å². The van der Waals surface area contributed by atoms with Gasteiger partial charge in [-0.1, -0.05) is 13.3 Å². The Morgan fingerprint density at radius 1 is 1.25 bits per heavy atom. The third-order valence-corrected chi connectivity index (χ3v) is 6.67. The smallest absolute Gasteiger partial charge is 0.211 e. The highest BCUT2D eigenvalue weighted by atomic mass is 127. The highest BCUT2D eigenvalue weighted by molar-refractivity contribution is 14.0. The normalized spacial score (nSPS) is 24.1. The summed E-state index contributed by atoms with van der Waals surface area (Å²) in [6.07, 6.45) is 8.20. The standard InChI is InChI=1S/C16H32N4O2S.HI/c1-4-16(9-7-10-16)13-19-15(17-5-2)18-12-14-8-6-11-20(14)23(3,21)22;/h14H,4-13H2,1-3H3,(H2,17,18,19);1H/t14-;/m1./s1. The largest absolute Gasteiger partial charge is 0.357 e. The molecule has 0 aromatic heterocycles. The van der Waals surface area contributed by atoms with Crippen molar-refractivity contribution >= 4 is 40.0 Å². The molecule has 1 saturated carbocycles. The Balaban J connectivity index is 0.00000288. The van der Waals surface area contributed by atoms with Crippen molar-refractivity contribution in [2.24, 2.45) is 10.4 Å². The van der Waals surface area contributed by atoms with Gasteiger partial charge in [-0.15, -0.1) is 24.0 Å². The molecule has 2 rings (SSSR count). The van der Waals surface area contributed by atoms with Crippen molar-refractivity contribution in [3.05, 3.63) is 0 Å². The van der Waals surface area contributed by atoms with Crippen LogP contribution in [0.2, 0.25) is 0 Å². The van der Waals surface area contributed by atoms with Gasteiger partial charge in [0.25, 0.3) is 0 Å². The minimum Gasteiger partial charge on any atom is -0.357 e. The number of rotatable bonds is 7. The van der Waals surface area contributed by atoms with E-state index in [4.69, 9.17) is 4.99 Å². The molecule has 1 aliphatic carbocycles. The van der Waals surface area contributed by atoms with Gasteiger partial charge < -0.3 is 10.6 Å². The predicted octanol–water partition coefficient (Wildman–Crippen LogP) is 2.16. The van der Waals surface area contributed by atoms with Gasteiger partial charge in [0.15, 0.2) is 5.96 Å². The van der Waals surface area contributed by atoms with Crippen LogP contribution in [-0.4, -0.2) is 57.2 Å². The van der Waals surface area contributed by atoms with Gasteiger partial charge in [0.2, 0.25) is 10.0 Å². The number of halogens is 1. The lowest BCUT2D eigenvalue weighted by atomic mass is 9.67. The highest BCUT2D eigenvalue weighted by Crippen LogP contribution is 2.43. The fourth-order valence-electron chi connectivity index (χ4n) is 3.55. The van der Waals surface area contributed by atoms with E-state index in [0.717, 1.165) is 31.9 Å². The molecule has 6 nitrogen and oxygen atoms in total. The zero-order valence-electron chi connectivity index (χ0n) is 15.2. The predicted molar refractivity (Wildman–Crippen MR) is 111 cm³/mol. The van der Waals surface area contributed by atoms with E-state index >= 15 is 0 Å². The molecule has 0 bridgehead atoms. The van der Waals surface area contributed by atoms with Gasteiger partial charge in [0, 0.05) is 32.2 Å². The number of hydrogen-bond donors (Lipinski definition) is 2. The fraction of sp³-hybridized carbons (Fsp3) is 0.938. The molecule has 0 radical (unpaired) electrons. The first-order chi connectivity index (χ1) is 10.9. The number of nitrogens with one attached hydrogen (secondary N) is 2. The van der Waals surface area contributed by atoms with Crippen molar-refractivity contribution in [2.75, 3.05) is 32.4 Å². The van der Waals surface area contributed by atoms with Crippen LogP contribution in [0.5, 0.6) is 0 Å². The molecule has 2 fully saturated rings. The van der Waals surface area contributed by atoms with E-state index in [-0.39, 0.29) is 30.0 Å². The number of nitrogens with zero attached hydrogens (tertiary/aromatic N) is 2. The SMILES string of the molecule is CCNC(=NCC1(CC)CCC1)NC[C@H]1CCCN1S(C)(=O)=O.I. The van der Waals surface area contributed by atoms with Crippen molar-refractivity contribution in [2.45, 2.75) is 58.4 Å². The first-order valence-corrected chi connectivity index (χ1v) is 10.7. The Morgan fingerprint density at radius 3 is 2.46 bits per heavy atom. The maximum Gasteiger partial charge on any atom is 0.211 e. The lowest BCUT2D eigenvalue weighted by Crippen LogP contribution is -2.46. The summed E-state index contributed by atoms with van der Waals surface area (Å²) >= 11 is 0. The van der Waals surface area contributed by atoms with Crippen LogP contribution in [-0.2, 0) is 10.0 Å². The molecule has 1 aliphatic heterocycles. The van der Waals surface area contributed by atoms with Crippen molar-refractivity contribution < 1.29 is 8.42 Å². The van der Waals surface area contributed by atoms with Crippen LogP contribution >= 0.6 is 24.0 Å². The van der Waals surface area contributed by atoms with E-state index in [9.17, 15) is 8.42 Å². The van der Waals surface area contributed by atoms with Crippen LogP contribution < -0.4 is 10.6 Å². The summed E-state index contributed by atoms with van der Waals surface area (Å²) in [7, 11) is -3.11. The molecule has 2 aliphatic rings. The molecule has 8 heteroatoms. The van der Waals surface area contributed by atoms with E-state index in [1.54, 1.807) is 4.31 Å². The average molecular weight is 472 g/mol. The van der Waals surface area contributed by atoms with Crippen molar-refractivity contribution in [3.8, 4) is 0 Å². The van der Waals surface area contributed by atoms with E-state index in [1.807, 2.05) is 0 Å². The summed E-state index contributed by atoms with van der Waals surface area (Å²) < 4.78 is 25.2. The van der Waals surface area contributed by atoms with Crippen molar-refractivity contribution in [3.63, 3.8) is 0 Å². The highest BCUT2D eigenvalue weighted by Gasteiger charge is 2.35. The quantitative estimate of drug-likeness (QED) is 0.339. The monoisotopic (exact) mass is 472 g/mol. The molecule has 2 N–H and O–H groups in total. The fourth-order valence-corrected chi connectivity index (χ4v) is 4.74. The Kier molecular flexibility index (Phi) is 8.75. The number of hydrogen-bond acceptors (Lipinski definition) is 3. The van der Waals surface area contributed by atoms with Gasteiger partial charge in [-0.05, 0) is 44.4 Å². The summed E-state index contributed by atoms with van der Waals surface area (Å²) in [5.41, 5.74) is 0.397. The summed E-state index contributed by atoms with van der Waals surface area (Å²) in [5.74, 6) is 0.813. The number of aliphatic imine (C=N–C) groups is 1. The Morgan fingerprint density at radius 2 is 1.96 bits per heavy atom. The van der Waals surface area contributed by atoms with Crippen molar-refractivity contribution in [1.82, 2.24) is 14.9 Å². The summed E-state index contributed by atoms with van der Waals surface area (Å²) in [6.45, 7) is 7.23. The van der Waals surface area contributed by atoms with Crippen LogP contribution in [0, 0.1) is 5.41 Å². The van der Waals surface area contributed by atoms with E-state index in [1.165, 1.54) is 31.9 Å². The van der Waals surface area contributed by atoms with Gasteiger partial charge in [0.1, 0.15) is 0 Å². The Labute approximate surface area is 164 Å². The zero-order chi connectivity index (χ0) is 16.9. The van der Waals surface area contributed by atoms with Gasteiger partial charge in [-0.25, -0.2) is 8.42 Å². The molecule has 142 valence electrons. The van der Waals surface area contributed by atoms with E-state index in [0.29, 0.717) is 18.5 Å². The molecule has 1 heterocycles. The van der Waals surface area contributed by atoms with Crippen LogP contribution in [0.15, 0.2) is 4.99 Å². The molecule has 0 unspecified atom stereocenters. The lowest BCUT2D eigenvalue weighted by molar-refractivity contribution is 0.139. The van der Waals surface area contributed by atoms with Gasteiger partial charge in [-0.3, -0.25) is 4.99 Å². The summed E-state index contributed by atoms with van der Waals surface area (Å²) in [6, 6.07) is 0.0395. The molecule has 0 aromatic rings. The second-order valence-electron chi connectivity index (χ2n) is 6.95. The van der Waals surface area contributed by atoms with Crippen LogP contribution in [0.25, 0.3) is 0 Å². The zero-order valence-corrected chi connectivity index (χ0v) is 18.3. The molecule has 0 spiro atoms. The number of guanidine groups is 1. The van der Waals surface area contributed by atoms with Gasteiger partial charge >= 0.3 is 0 Å². The molecule has 1 atom stereocenters. The third-order valence-electron chi connectivity index (χ3n) is 5.34. The number of sulfonamides is 1. The molecule has 0 aromatic carbocycles. The summed E-state index contributed by atoms with van der Waals surface area (Å²) in [4.78, 5) is 4.75. The Hall–Kier alpha value is -0.0900. The summed E-state index contributed by atoms with van der Waals surface area (Å²) in [5, 5.41) is 6.62. The van der Waals surface area contributed by atoms with E-state index < -0.39 is 10.0 Å². The minimum atomic E-state index is -3.11. The van der Waals surface area contributed by atoms with E-state index in [2.05, 4.69) is 24.5 Å². The Bertz CT molecular complexity index is 515. The second kappa shape index (κ2) is 9.56. The van der Waals surface area contributed by atoms with Gasteiger partial charge in [0.05, 0.1) is 6.26 Å². The average Bonchev–Trinajstić information content (AvgIpc) is 2.92. The second-order valence-corrected chi connectivity index (χ2v) is 8.89. The van der Waals surface area contributed by atoms with Crippen molar-refractivity contribution in [1.29, 1.82) is 0 Å². The molecule has 1 saturated heterocycles. The van der Waals surface area contributed by atoms with Gasteiger partial charge in [-0.2, -0.15) is 4.31 Å². The third kappa shape index (κ3) is 5.72. The first-order valence-electron chi connectivity index (χ1n) is 8.89. The molecule has 0 amide bonds. The molecular weight excluding hydrogens is 439 g/mol. The van der Waals surface area contributed by atoms with Crippen LogP contribution in [0.1, 0.15) is 52.4 Å². The molecular formula is C16H33IN4O2S.